The van der Waals surface area contributed by atoms with E-state index in [0.29, 0.717) is 49.6 Å². The molecule has 5 N–H and O–H groups in total. The zero-order valence-electron chi connectivity index (χ0n) is 18.2. The SMILES string of the molecule is CC/N=C(/NC(C)c1cccc(C(F)(F)F)c1)C1C(C2(O)CCNCC2)=CC(C)=C1N. The molecule has 1 aromatic rings. The molecule has 2 unspecified atom stereocenters. The molecule has 0 spiro atoms. The van der Waals surface area contributed by atoms with Crippen LogP contribution in [0.15, 0.2) is 52.2 Å². The summed E-state index contributed by atoms with van der Waals surface area (Å²) in [7, 11) is 0. The number of nitrogens with two attached hydrogens (primary N) is 1. The van der Waals surface area contributed by atoms with Gasteiger partial charge in [0, 0.05) is 18.3 Å². The molecule has 31 heavy (non-hydrogen) atoms. The van der Waals surface area contributed by atoms with E-state index in [1.165, 1.54) is 6.07 Å². The highest BCUT2D eigenvalue weighted by atomic mass is 19.4. The van der Waals surface area contributed by atoms with E-state index in [0.717, 1.165) is 23.3 Å². The van der Waals surface area contributed by atoms with Gasteiger partial charge in [0.1, 0.15) is 5.84 Å². The predicted octanol–water partition coefficient (Wildman–Crippen LogP) is 3.68. The topological polar surface area (TPSA) is 82.7 Å². The number of piperidine rings is 1. The average molecular weight is 437 g/mol. The van der Waals surface area contributed by atoms with Gasteiger partial charge in [-0.2, -0.15) is 13.2 Å². The fourth-order valence-electron chi connectivity index (χ4n) is 4.30. The Morgan fingerprint density at radius 1 is 1.35 bits per heavy atom. The predicted molar refractivity (Wildman–Crippen MR) is 116 cm³/mol. The molecule has 0 aromatic heterocycles. The van der Waals surface area contributed by atoms with Crippen molar-refractivity contribution in [1.82, 2.24) is 10.6 Å². The highest BCUT2D eigenvalue weighted by molar-refractivity contribution is 5.92. The fourth-order valence-corrected chi connectivity index (χ4v) is 4.30. The monoisotopic (exact) mass is 436 g/mol. The third-order valence-electron chi connectivity index (χ3n) is 6.10. The van der Waals surface area contributed by atoms with E-state index in [1.807, 2.05) is 19.9 Å². The molecule has 0 amide bonds. The van der Waals surface area contributed by atoms with E-state index < -0.39 is 29.3 Å². The van der Waals surface area contributed by atoms with Gasteiger partial charge in [-0.1, -0.05) is 18.2 Å². The van der Waals surface area contributed by atoms with Crippen molar-refractivity contribution in [3.05, 3.63) is 58.3 Å². The van der Waals surface area contributed by atoms with E-state index in [1.54, 1.807) is 13.0 Å². The molecule has 2 aliphatic rings. The Labute approximate surface area is 181 Å². The summed E-state index contributed by atoms with van der Waals surface area (Å²) in [5.74, 6) is 0.149. The van der Waals surface area contributed by atoms with Crippen LogP contribution in [-0.4, -0.2) is 36.2 Å². The molecular formula is C23H31F3N4O. The Kier molecular flexibility index (Phi) is 6.81. The number of alkyl halides is 3. The van der Waals surface area contributed by atoms with Crippen LogP contribution < -0.4 is 16.4 Å². The lowest BCUT2D eigenvalue weighted by molar-refractivity contribution is -0.137. The van der Waals surface area contributed by atoms with Gasteiger partial charge in [0.25, 0.3) is 0 Å². The third kappa shape index (κ3) is 4.96. The molecule has 2 atom stereocenters. The van der Waals surface area contributed by atoms with Gasteiger partial charge < -0.3 is 21.5 Å². The van der Waals surface area contributed by atoms with Gasteiger partial charge in [0.05, 0.1) is 17.1 Å². The van der Waals surface area contributed by atoms with Crippen LogP contribution in [0.5, 0.6) is 0 Å². The van der Waals surface area contributed by atoms with Crippen molar-refractivity contribution in [2.24, 2.45) is 16.6 Å². The van der Waals surface area contributed by atoms with Crippen molar-refractivity contribution < 1.29 is 18.3 Å². The maximum absolute atomic E-state index is 13.1. The Morgan fingerprint density at radius 2 is 2.03 bits per heavy atom. The highest BCUT2D eigenvalue weighted by Crippen LogP contribution is 2.41. The molecular weight excluding hydrogens is 405 g/mol. The first-order valence-corrected chi connectivity index (χ1v) is 10.7. The van der Waals surface area contributed by atoms with E-state index >= 15 is 0 Å². The first-order valence-electron chi connectivity index (χ1n) is 10.7. The average Bonchev–Trinajstić information content (AvgIpc) is 3.03. The van der Waals surface area contributed by atoms with Gasteiger partial charge in [0.15, 0.2) is 0 Å². The van der Waals surface area contributed by atoms with Crippen LogP contribution in [0, 0.1) is 5.92 Å². The normalized spacial score (nSPS) is 23.0. The number of allylic oxidation sites excluding steroid dienone is 2. The molecule has 1 heterocycles. The van der Waals surface area contributed by atoms with E-state index in [4.69, 9.17) is 5.73 Å². The standard InChI is InChI=1S/C23H31F3N4O/c1-4-29-21(30-15(3)16-6-5-7-17(13-16)23(24,25)26)19-18(12-14(2)20(19)27)22(31)8-10-28-11-9-22/h5-7,12-13,15,19,28,31H,4,8-11,27H2,1-3H3,(H,29,30). The van der Waals surface area contributed by atoms with Crippen LogP contribution in [0.1, 0.15) is 50.8 Å². The summed E-state index contributed by atoms with van der Waals surface area (Å²) in [5.41, 5.74) is 7.55. The van der Waals surface area contributed by atoms with Crippen molar-refractivity contribution in [2.75, 3.05) is 19.6 Å². The molecule has 1 aromatic carbocycles. The number of aliphatic hydroxyl groups is 1. The molecule has 1 aliphatic carbocycles. The second-order valence-corrected chi connectivity index (χ2v) is 8.30. The molecule has 1 saturated heterocycles. The third-order valence-corrected chi connectivity index (χ3v) is 6.10. The summed E-state index contributed by atoms with van der Waals surface area (Å²) in [4.78, 5) is 4.61. The summed E-state index contributed by atoms with van der Waals surface area (Å²) in [6.45, 7) is 7.47. The molecule has 1 fully saturated rings. The first-order chi connectivity index (χ1) is 14.6. The molecule has 0 radical (unpaired) electrons. The zero-order chi connectivity index (χ0) is 22.8. The minimum atomic E-state index is -4.40. The highest BCUT2D eigenvalue weighted by Gasteiger charge is 2.43. The Morgan fingerprint density at radius 3 is 2.65 bits per heavy atom. The first kappa shape index (κ1) is 23.3. The lowest BCUT2D eigenvalue weighted by Crippen LogP contribution is -2.47. The van der Waals surface area contributed by atoms with Crippen molar-refractivity contribution >= 4 is 5.84 Å². The maximum atomic E-state index is 13.1. The van der Waals surface area contributed by atoms with Gasteiger partial charge in [-0.15, -0.1) is 0 Å². The van der Waals surface area contributed by atoms with Crippen LogP contribution in [0.25, 0.3) is 0 Å². The van der Waals surface area contributed by atoms with Gasteiger partial charge >= 0.3 is 6.18 Å². The maximum Gasteiger partial charge on any atom is 0.416 e. The Bertz CT molecular complexity index is 898. The number of hydrogen-bond donors (Lipinski definition) is 4. The summed E-state index contributed by atoms with van der Waals surface area (Å²) in [5, 5.41) is 17.9. The van der Waals surface area contributed by atoms with E-state index in [9.17, 15) is 18.3 Å². The second-order valence-electron chi connectivity index (χ2n) is 8.30. The number of hydrogen-bond acceptors (Lipinski definition) is 4. The smallest absolute Gasteiger partial charge is 0.401 e. The molecule has 3 rings (SSSR count). The van der Waals surface area contributed by atoms with Crippen molar-refractivity contribution in [3.8, 4) is 0 Å². The summed E-state index contributed by atoms with van der Waals surface area (Å²) < 4.78 is 39.4. The van der Waals surface area contributed by atoms with Crippen LogP contribution in [0.2, 0.25) is 0 Å². The number of benzene rings is 1. The van der Waals surface area contributed by atoms with Gasteiger partial charge in [-0.25, -0.2) is 0 Å². The van der Waals surface area contributed by atoms with E-state index in [2.05, 4.69) is 15.6 Å². The van der Waals surface area contributed by atoms with Crippen LogP contribution >= 0.6 is 0 Å². The lowest BCUT2D eigenvalue weighted by Gasteiger charge is -2.38. The van der Waals surface area contributed by atoms with Crippen molar-refractivity contribution in [3.63, 3.8) is 0 Å². The van der Waals surface area contributed by atoms with Gasteiger partial charge in [-0.3, -0.25) is 4.99 Å². The quantitative estimate of drug-likeness (QED) is 0.419. The fraction of sp³-hybridized carbons (Fsp3) is 0.522. The van der Waals surface area contributed by atoms with Gasteiger partial charge in [0.2, 0.25) is 0 Å². The largest absolute Gasteiger partial charge is 0.416 e. The molecule has 0 saturated carbocycles. The molecule has 8 heteroatoms. The summed E-state index contributed by atoms with van der Waals surface area (Å²) in [6, 6.07) is 4.85. The number of nitrogens with zero attached hydrogens (tertiary/aromatic N) is 1. The van der Waals surface area contributed by atoms with Crippen molar-refractivity contribution in [2.45, 2.75) is 51.4 Å². The lowest BCUT2D eigenvalue weighted by atomic mass is 9.78. The van der Waals surface area contributed by atoms with Crippen LogP contribution in [0.3, 0.4) is 0 Å². The minimum Gasteiger partial charge on any atom is -0.401 e. The zero-order valence-corrected chi connectivity index (χ0v) is 18.2. The van der Waals surface area contributed by atoms with Crippen LogP contribution in [-0.2, 0) is 6.18 Å². The van der Waals surface area contributed by atoms with Crippen LogP contribution in [0.4, 0.5) is 13.2 Å². The number of aliphatic imine (C=N–C) groups is 1. The number of nitrogens with one attached hydrogen (secondary N) is 2. The minimum absolute atomic E-state index is 0.420. The second kappa shape index (κ2) is 9.04. The number of amidine groups is 1. The van der Waals surface area contributed by atoms with E-state index in [-0.39, 0.29) is 0 Å². The Balaban J connectivity index is 1.91. The molecule has 170 valence electrons. The summed E-state index contributed by atoms with van der Waals surface area (Å²) >= 11 is 0. The molecule has 1 aliphatic heterocycles. The Hall–Kier alpha value is -2.32. The molecule has 0 bridgehead atoms. The number of halogens is 3. The van der Waals surface area contributed by atoms with Gasteiger partial charge in [-0.05, 0) is 75.5 Å². The molecule has 5 nitrogen and oxygen atoms in total. The summed E-state index contributed by atoms with van der Waals surface area (Å²) in [6.07, 6.45) is -1.33. The van der Waals surface area contributed by atoms with Crippen molar-refractivity contribution in [1.29, 1.82) is 0 Å². The number of rotatable bonds is 5.